The van der Waals surface area contributed by atoms with E-state index in [1.807, 2.05) is 0 Å². The normalized spacial score (nSPS) is 31.8. The molecular formula is C12H15N. The van der Waals surface area contributed by atoms with Crippen LogP contribution in [0.1, 0.15) is 49.3 Å². The van der Waals surface area contributed by atoms with Crippen LogP contribution in [-0.2, 0) is 0 Å². The van der Waals surface area contributed by atoms with Gasteiger partial charge in [-0.15, -0.1) is 0 Å². The van der Waals surface area contributed by atoms with Crippen LogP contribution in [0.4, 0.5) is 0 Å². The quantitative estimate of drug-likeness (QED) is 0.669. The zero-order chi connectivity index (χ0) is 8.84. The third-order valence-corrected chi connectivity index (χ3v) is 3.34. The first-order valence-electron chi connectivity index (χ1n) is 5.30. The van der Waals surface area contributed by atoms with Crippen molar-refractivity contribution in [3.63, 3.8) is 0 Å². The number of hydrogen-bond donors (Lipinski definition) is 0. The second-order valence-corrected chi connectivity index (χ2v) is 4.61. The first-order chi connectivity index (χ1) is 6.34. The summed E-state index contributed by atoms with van der Waals surface area (Å²) in [5.74, 6) is 2.51. The lowest BCUT2D eigenvalue weighted by molar-refractivity contribution is 0.901. The summed E-state index contributed by atoms with van der Waals surface area (Å²) >= 11 is 0. The summed E-state index contributed by atoms with van der Waals surface area (Å²) in [5, 5.41) is 0. The van der Waals surface area contributed by atoms with Gasteiger partial charge < -0.3 is 0 Å². The predicted molar refractivity (Wildman–Crippen MR) is 52.7 cm³/mol. The van der Waals surface area contributed by atoms with E-state index in [4.69, 9.17) is 0 Å². The Labute approximate surface area is 79.2 Å². The minimum atomic E-state index is 0.797. The van der Waals surface area contributed by atoms with Gasteiger partial charge in [-0.05, 0) is 42.7 Å². The standard InChI is InChI=1S/C12H15N/c1-8-6-11(8)10-4-5-12(13-7-10)9-2-3-9/h4-5,7-9,11H,2-3,6H2,1H3/t8?,11-/m1/s1. The van der Waals surface area contributed by atoms with Gasteiger partial charge >= 0.3 is 0 Å². The SMILES string of the molecule is CC1C[C@H]1c1ccc(C2CC2)nc1. The maximum absolute atomic E-state index is 4.54. The van der Waals surface area contributed by atoms with Gasteiger partial charge in [0.25, 0.3) is 0 Å². The van der Waals surface area contributed by atoms with Crippen molar-refractivity contribution in [1.82, 2.24) is 4.98 Å². The molecule has 2 aliphatic carbocycles. The zero-order valence-corrected chi connectivity index (χ0v) is 8.03. The summed E-state index contributed by atoms with van der Waals surface area (Å²) in [6, 6.07) is 4.52. The van der Waals surface area contributed by atoms with Crippen molar-refractivity contribution in [2.24, 2.45) is 5.92 Å². The van der Waals surface area contributed by atoms with Crippen LogP contribution in [0.3, 0.4) is 0 Å². The first-order valence-corrected chi connectivity index (χ1v) is 5.30. The molecule has 1 unspecified atom stereocenters. The fraction of sp³-hybridized carbons (Fsp3) is 0.583. The van der Waals surface area contributed by atoms with Crippen LogP contribution >= 0.6 is 0 Å². The molecule has 0 N–H and O–H groups in total. The highest BCUT2D eigenvalue weighted by Gasteiger charge is 2.34. The molecule has 1 aromatic heterocycles. The van der Waals surface area contributed by atoms with Gasteiger partial charge in [-0.1, -0.05) is 13.0 Å². The van der Waals surface area contributed by atoms with E-state index in [9.17, 15) is 0 Å². The minimum Gasteiger partial charge on any atom is -0.261 e. The summed E-state index contributed by atoms with van der Waals surface area (Å²) in [7, 11) is 0. The molecule has 3 rings (SSSR count). The molecule has 1 nitrogen and oxygen atoms in total. The third kappa shape index (κ3) is 1.37. The second-order valence-electron chi connectivity index (χ2n) is 4.61. The molecular weight excluding hydrogens is 158 g/mol. The molecule has 0 bridgehead atoms. The van der Waals surface area contributed by atoms with Crippen molar-refractivity contribution < 1.29 is 0 Å². The smallest absolute Gasteiger partial charge is 0.0434 e. The van der Waals surface area contributed by atoms with Gasteiger partial charge in [-0.2, -0.15) is 0 Å². The molecule has 2 fully saturated rings. The molecule has 0 radical (unpaired) electrons. The van der Waals surface area contributed by atoms with Crippen LogP contribution < -0.4 is 0 Å². The van der Waals surface area contributed by atoms with Crippen LogP contribution in [0.15, 0.2) is 18.3 Å². The molecule has 0 aliphatic heterocycles. The molecule has 2 atom stereocenters. The average molecular weight is 173 g/mol. The highest BCUT2D eigenvalue weighted by atomic mass is 14.7. The molecule has 1 aromatic rings. The number of rotatable bonds is 2. The maximum Gasteiger partial charge on any atom is 0.0434 e. The van der Waals surface area contributed by atoms with E-state index in [0.29, 0.717) is 0 Å². The van der Waals surface area contributed by atoms with E-state index >= 15 is 0 Å². The first kappa shape index (κ1) is 7.54. The van der Waals surface area contributed by atoms with Crippen molar-refractivity contribution in [2.75, 3.05) is 0 Å². The van der Waals surface area contributed by atoms with E-state index in [-0.39, 0.29) is 0 Å². The van der Waals surface area contributed by atoms with Gasteiger partial charge in [0.1, 0.15) is 0 Å². The lowest BCUT2D eigenvalue weighted by Gasteiger charge is -2.00. The summed E-state index contributed by atoms with van der Waals surface area (Å²) in [5.41, 5.74) is 2.77. The summed E-state index contributed by atoms with van der Waals surface area (Å²) in [6.07, 6.45) is 6.17. The van der Waals surface area contributed by atoms with Crippen molar-refractivity contribution in [3.8, 4) is 0 Å². The lowest BCUT2D eigenvalue weighted by Crippen LogP contribution is -1.88. The molecule has 68 valence electrons. The lowest BCUT2D eigenvalue weighted by atomic mass is 10.1. The average Bonchev–Trinajstić information content (AvgIpc) is 2.98. The Morgan fingerprint density at radius 3 is 2.54 bits per heavy atom. The van der Waals surface area contributed by atoms with E-state index in [1.165, 1.54) is 30.5 Å². The number of aromatic nitrogens is 1. The molecule has 0 spiro atoms. The summed E-state index contributed by atoms with van der Waals surface area (Å²) in [6.45, 7) is 2.32. The molecule has 1 heterocycles. The Balaban J connectivity index is 1.81. The van der Waals surface area contributed by atoms with Crippen LogP contribution in [0, 0.1) is 5.92 Å². The largest absolute Gasteiger partial charge is 0.261 e. The van der Waals surface area contributed by atoms with Gasteiger partial charge in [0.2, 0.25) is 0 Å². The fourth-order valence-electron chi connectivity index (χ4n) is 2.04. The van der Waals surface area contributed by atoms with Crippen LogP contribution in [0.25, 0.3) is 0 Å². The fourth-order valence-corrected chi connectivity index (χ4v) is 2.04. The topological polar surface area (TPSA) is 12.9 Å². The van der Waals surface area contributed by atoms with E-state index < -0.39 is 0 Å². The highest BCUT2D eigenvalue weighted by Crippen LogP contribution is 2.47. The number of pyridine rings is 1. The van der Waals surface area contributed by atoms with Crippen LogP contribution in [-0.4, -0.2) is 4.98 Å². The minimum absolute atomic E-state index is 0.797. The summed E-state index contributed by atoms with van der Waals surface area (Å²) < 4.78 is 0. The van der Waals surface area contributed by atoms with Gasteiger partial charge in [-0.3, -0.25) is 4.98 Å². The van der Waals surface area contributed by atoms with Crippen LogP contribution in [0.2, 0.25) is 0 Å². The van der Waals surface area contributed by atoms with E-state index in [0.717, 1.165) is 17.8 Å². The monoisotopic (exact) mass is 173 g/mol. The molecule has 1 heteroatoms. The van der Waals surface area contributed by atoms with Gasteiger partial charge in [-0.25, -0.2) is 0 Å². The maximum atomic E-state index is 4.54. The molecule has 0 aromatic carbocycles. The van der Waals surface area contributed by atoms with Gasteiger partial charge in [0.15, 0.2) is 0 Å². The Bertz CT molecular complexity index is 310. The van der Waals surface area contributed by atoms with Crippen molar-refractivity contribution in [2.45, 2.75) is 38.0 Å². The van der Waals surface area contributed by atoms with Crippen molar-refractivity contribution in [3.05, 3.63) is 29.6 Å². The highest BCUT2D eigenvalue weighted by molar-refractivity contribution is 5.26. The van der Waals surface area contributed by atoms with E-state index in [2.05, 4.69) is 30.2 Å². The Morgan fingerprint density at radius 1 is 1.31 bits per heavy atom. The molecule has 13 heavy (non-hydrogen) atoms. The third-order valence-electron chi connectivity index (χ3n) is 3.34. The van der Waals surface area contributed by atoms with Gasteiger partial charge in [0, 0.05) is 17.8 Å². The van der Waals surface area contributed by atoms with Crippen molar-refractivity contribution >= 4 is 0 Å². The molecule has 2 saturated carbocycles. The van der Waals surface area contributed by atoms with Crippen molar-refractivity contribution in [1.29, 1.82) is 0 Å². The Kier molecular flexibility index (Phi) is 1.49. The molecule has 2 aliphatic rings. The number of nitrogens with zero attached hydrogens (tertiary/aromatic N) is 1. The summed E-state index contributed by atoms with van der Waals surface area (Å²) in [4.78, 5) is 4.54. The van der Waals surface area contributed by atoms with E-state index in [1.54, 1.807) is 0 Å². The van der Waals surface area contributed by atoms with Crippen LogP contribution in [0.5, 0.6) is 0 Å². The predicted octanol–water partition coefficient (Wildman–Crippen LogP) is 3.08. The second kappa shape index (κ2) is 2.57. The number of hydrogen-bond acceptors (Lipinski definition) is 1. The molecule has 0 amide bonds. The zero-order valence-electron chi connectivity index (χ0n) is 8.03. The molecule has 0 saturated heterocycles. The van der Waals surface area contributed by atoms with Gasteiger partial charge in [0.05, 0.1) is 0 Å². The Morgan fingerprint density at radius 2 is 2.08 bits per heavy atom. The Hall–Kier alpha value is -0.850.